The first kappa shape index (κ1) is 18.6. The zero-order valence-corrected chi connectivity index (χ0v) is 13.0. The Kier molecular flexibility index (Phi) is 8.05. The van der Waals surface area contributed by atoms with Crippen LogP contribution in [0.3, 0.4) is 0 Å². The van der Waals surface area contributed by atoms with E-state index in [9.17, 15) is 18.6 Å². The number of carboxylic acid groups (broad SMARTS) is 1. The van der Waals surface area contributed by atoms with E-state index in [1.165, 1.54) is 13.8 Å². The van der Waals surface area contributed by atoms with Crippen LogP contribution in [-0.4, -0.2) is 50.7 Å². The highest BCUT2D eigenvalue weighted by Gasteiger charge is 2.27. The molecule has 7 nitrogen and oxygen atoms in total. The first-order valence-corrected chi connectivity index (χ1v) is 7.68. The summed E-state index contributed by atoms with van der Waals surface area (Å²) in [6.45, 7) is 6.98. The minimum atomic E-state index is -1.68. The monoisotopic (exact) mass is 306 g/mol. The van der Waals surface area contributed by atoms with Gasteiger partial charge in [0, 0.05) is 24.3 Å². The second kappa shape index (κ2) is 8.68. The normalized spacial score (nSPS) is 15.2. The zero-order chi connectivity index (χ0) is 15.9. The van der Waals surface area contributed by atoms with Crippen molar-refractivity contribution in [3.63, 3.8) is 0 Å². The molecule has 0 aromatic rings. The van der Waals surface area contributed by atoms with Gasteiger partial charge in [0.25, 0.3) is 0 Å². The molecule has 0 aromatic heterocycles. The number of rotatable bonds is 8. The van der Waals surface area contributed by atoms with Crippen LogP contribution in [0, 0.1) is 5.92 Å². The van der Waals surface area contributed by atoms with Gasteiger partial charge in [0.15, 0.2) is 0 Å². The second-order valence-electron chi connectivity index (χ2n) is 4.92. The Morgan fingerprint density at radius 1 is 1.20 bits per heavy atom. The molecule has 0 bridgehead atoms. The van der Waals surface area contributed by atoms with E-state index in [1.807, 2.05) is 13.8 Å². The summed E-state index contributed by atoms with van der Waals surface area (Å²) in [5.41, 5.74) is 0. The molecule has 0 fully saturated rings. The lowest BCUT2D eigenvalue weighted by Gasteiger charge is -2.17. The van der Waals surface area contributed by atoms with Crippen LogP contribution in [0.5, 0.6) is 0 Å². The van der Waals surface area contributed by atoms with Crippen molar-refractivity contribution in [1.82, 2.24) is 10.6 Å². The molecule has 0 aliphatic rings. The average molecular weight is 306 g/mol. The van der Waals surface area contributed by atoms with Gasteiger partial charge in [0.2, 0.25) is 11.8 Å². The van der Waals surface area contributed by atoms with Gasteiger partial charge in [-0.25, -0.2) is 4.79 Å². The Morgan fingerprint density at radius 2 is 1.75 bits per heavy atom. The van der Waals surface area contributed by atoms with Gasteiger partial charge < -0.3 is 15.7 Å². The molecule has 0 aromatic carbocycles. The minimum Gasteiger partial charge on any atom is -0.480 e. The summed E-state index contributed by atoms with van der Waals surface area (Å²) in [7, 11) is -1.68. The molecule has 8 heteroatoms. The molecular formula is C12H22N2O5S. The molecule has 0 spiro atoms. The van der Waals surface area contributed by atoms with E-state index in [0.717, 1.165) is 0 Å². The summed E-state index contributed by atoms with van der Waals surface area (Å²) in [6.07, 6.45) is 0. The van der Waals surface area contributed by atoms with E-state index in [-0.39, 0.29) is 17.6 Å². The van der Waals surface area contributed by atoms with Crippen molar-refractivity contribution in [3.05, 3.63) is 0 Å². The van der Waals surface area contributed by atoms with Crippen LogP contribution < -0.4 is 10.6 Å². The Labute approximate surface area is 121 Å². The van der Waals surface area contributed by atoms with E-state index >= 15 is 0 Å². The molecular weight excluding hydrogens is 284 g/mol. The SMILES string of the molecule is CC(=O)NC(CS(=O)C(C)C(=O)NCC(C)C)C(=O)O. The molecule has 0 saturated heterocycles. The van der Waals surface area contributed by atoms with Gasteiger partial charge in [-0.05, 0) is 12.8 Å². The fourth-order valence-electron chi connectivity index (χ4n) is 1.30. The standard InChI is InChI=1S/C12H22N2O5S/c1-7(2)5-13-11(16)8(3)20(19)6-10(12(17)18)14-9(4)15/h7-8,10H,5-6H2,1-4H3,(H,13,16)(H,14,15)(H,17,18). The fourth-order valence-corrected chi connectivity index (χ4v) is 2.46. The summed E-state index contributed by atoms with van der Waals surface area (Å²) < 4.78 is 12.0. The smallest absolute Gasteiger partial charge is 0.327 e. The number of carbonyl (C=O) groups excluding carboxylic acids is 2. The van der Waals surface area contributed by atoms with Gasteiger partial charge in [0.1, 0.15) is 11.3 Å². The molecule has 116 valence electrons. The third-order valence-corrected chi connectivity index (χ3v) is 4.12. The van der Waals surface area contributed by atoms with Crippen molar-refractivity contribution in [2.24, 2.45) is 5.92 Å². The van der Waals surface area contributed by atoms with Crippen LogP contribution >= 0.6 is 0 Å². The van der Waals surface area contributed by atoms with E-state index in [0.29, 0.717) is 6.54 Å². The average Bonchev–Trinajstić information content (AvgIpc) is 2.33. The van der Waals surface area contributed by atoms with Crippen LogP contribution in [0.2, 0.25) is 0 Å². The molecule has 3 unspecified atom stereocenters. The van der Waals surface area contributed by atoms with E-state index < -0.39 is 34.0 Å². The summed E-state index contributed by atoms with van der Waals surface area (Å²) in [6, 6.07) is -1.26. The molecule has 0 aliphatic heterocycles. The highest BCUT2D eigenvalue weighted by atomic mass is 32.2. The van der Waals surface area contributed by atoms with Crippen LogP contribution in [-0.2, 0) is 25.2 Å². The number of hydrogen-bond donors (Lipinski definition) is 3. The van der Waals surface area contributed by atoms with Crippen molar-refractivity contribution in [3.8, 4) is 0 Å². The maximum absolute atomic E-state index is 12.0. The molecule has 0 saturated carbocycles. The summed E-state index contributed by atoms with van der Waals surface area (Å²) in [4.78, 5) is 33.5. The largest absolute Gasteiger partial charge is 0.480 e. The third kappa shape index (κ3) is 7.22. The van der Waals surface area contributed by atoms with Crippen LogP contribution in [0.15, 0.2) is 0 Å². The molecule has 3 atom stereocenters. The molecule has 0 rings (SSSR count). The van der Waals surface area contributed by atoms with Crippen molar-refractivity contribution in [1.29, 1.82) is 0 Å². The molecule has 2 amide bonds. The number of hydrogen-bond acceptors (Lipinski definition) is 4. The number of carbonyl (C=O) groups is 3. The van der Waals surface area contributed by atoms with Crippen molar-refractivity contribution in [2.75, 3.05) is 12.3 Å². The fraction of sp³-hybridized carbons (Fsp3) is 0.750. The molecule has 20 heavy (non-hydrogen) atoms. The predicted molar refractivity (Wildman–Crippen MR) is 75.6 cm³/mol. The topological polar surface area (TPSA) is 113 Å². The van der Waals surface area contributed by atoms with E-state index in [2.05, 4.69) is 10.6 Å². The number of amides is 2. The Bertz CT molecular complexity index is 397. The lowest BCUT2D eigenvalue weighted by atomic mass is 10.2. The quantitative estimate of drug-likeness (QED) is 0.559. The van der Waals surface area contributed by atoms with Crippen molar-refractivity contribution < 1.29 is 23.7 Å². The van der Waals surface area contributed by atoms with Crippen molar-refractivity contribution in [2.45, 2.75) is 39.0 Å². The second-order valence-corrected chi connectivity index (χ2v) is 6.72. The molecule has 3 N–H and O–H groups in total. The van der Waals surface area contributed by atoms with Crippen LogP contribution in [0.25, 0.3) is 0 Å². The van der Waals surface area contributed by atoms with Gasteiger partial charge >= 0.3 is 5.97 Å². The maximum atomic E-state index is 12.0. The lowest BCUT2D eigenvalue weighted by molar-refractivity contribution is -0.140. The van der Waals surface area contributed by atoms with Crippen LogP contribution in [0.4, 0.5) is 0 Å². The molecule has 0 aliphatic carbocycles. The first-order valence-electron chi connectivity index (χ1n) is 6.30. The van der Waals surface area contributed by atoms with E-state index in [1.54, 1.807) is 0 Å². The lowest BCUT2D eigenvalue weighted by Crippen LogP contribution is -2.46. The van der Waals surface area contributed by atoms with Crippen molar-refractivity contribution >= 4 is 28.6 Å². The minimum absolute atomic E-state index is 0.269. The Hall–Kier alpha value is -1.44. The van der Waals surface area contributed by atoms with Gasteiger partial charge in [0.05, 0.1) is 5.75 Å². The first-order chi connectivity index (χ1) is 9.15. The Morgan fingerprint density at radius 3 is 2.15 bits per heavy atom. The summed E-state index contributed by atoms with van der Waals surface area (Å²) >= 11 is 0. The summed E-state index contributed by atoms with van der Waals surface area (Å²) in [5.74, 6) is -2.21. The van der Waals surface area contributed by atoms with Gasteiger partial charge in [-0.1, -0.05) is 13.8 Å². The van der Waals surface area contributed by atoms with Crippen LogP contribution in [0.1, 0.15) is 27.7 Å². The van der Waals surface area contributed by atoms with E-state index in [4.69, 9.17) is 5.11 Å². The highest BCUT2D eigenvalue weighted by molar-refractivity contribution is 7.86. The predicted octanol–water partition coefficient (Wildman–Crippen LogP) is -0.515. The number of carboxylic acids is 1. The van der Waals surface area contributed by atoms with Gasteiger partial charge in [-0.15, -0.1) is 0 Å². The van der Waals surface area contributed by atoms with Gasteiger partial charge in [-0.3, -0.25) is 13.8 Å². The Balaban J connectivity index is 4.52. The zero-order valence-electron chi connectivity index (χ0n) is 12.1. The molecule has 0 heterocycles. The third-order valence-electron chi connectivity index (χ3n) is 2.45. The van der Waals surface area contributed by atoms with Gasteiger partial charge in [-0.2, -0.15) is 0 Å². The maximum Gasteiger partial charge on any atom is 0.327 e. The summed E-state index contributed by atoms with van der Waals surface area (Å²) in [5, 5.41) is 12.9. The number of aliphatic carboxylic acids is 1. The molecule has 0 radical (unpaired) electrons. The number of nitrogens with one attached hydrogen (secondary N) is 2. The highest BCUT2D eigenvalue weighted by Crippen LogP contribution is 2.01.